The molecule has 0 aromatic heterocycles. The number of anilines is 2. The quantitative estimate of drug-likeness (QED) is 0.848. The van der Waals surface area contributed by atoms with Crippen molar-refractivity contribution in [2.75, 3.05) is 17.2 Å². The number of hydrogen-bond donors (Lipinski definition) is 2. The maximum absolute atomic E-state index is 11.3. The maximum Gasteiger partial charge on any atom is 0.228 e. The molecule has 17 heavy (non-hydrogen) atoms. The predicted molar refractivity (Wildman–Crippen MR) is 71.7 cm³/mol. The molecule has 1 heterocycles. The van der Waals surface area contributed by atoms with Crippen molar-refractivity contribution in [1.82, 2.24) is 0 Å². The Kier molecular flexibility index (Phi) is 3.04. The van der Waals surface area contributed by atoms with Crippen molar-refractivity contribution in [3.8, 4) is 0 Å². The van der Waals surface area contributed by atoms with E-state index < -0.39 is 0 Å². The maximum atomic E-state index is 11.3. The van der Waals surface area contributed by atoms with E-state index in [9.17, 15) is 4.79 Å². The van der Waals surface area contributed by atoms with E-state index in [1.807, 2.05) is 12.1 Å². The van der Waals surface area contributed by atoms with Crippen LogP contribution in [0.1, 0.15) is 26.3 Å². The lowest BCUT2D eigenvalue weighted by atomic mass is 9.97. The largest absolute Gasteiger partial charge is 0.383 e. The van der Waals surface area contributed by atoms with Crippen LogP contribution in [0.3, 0.4) is 0 Å². The molecule has 0 radical (unpaired) electrons. The highest BCUT2D eigenvalue weighted by Crippen LogP contribution is 2.33. The van der Waals surface area contributed by atoms with Gasteiger partial charge in [-0.1, -0.05) is 32.4 Å². The Morgan fingerprint density at radius 1 is 1.41 bits per heavy atom. The first-order valence-electron chi connectivity index (χ1n) is 5.71. The van der Waals surface area contributed by atoms with Crippen LogP contribution in [0.15, 0.2) is 12.1 Å². The van der Waals surface area contributed by atoms with Gasteiger partial charge in [0.15, 0.2) is 0 Å². The topological polar surface area (TPSA) is 41.1 Å². The first-order chi connectivity index (χ1) is 7.85. The summed E-state index contributed by atoms with van der Waals surface area (Å²) in [6.07, 6.45) is 0.441. The smallest absolute Gasteiger partial charge is 0.228 e. The molecule has 4 heteroatoms. The van der Waals surface area contributed by atoms with Crippen LogP contribution in [0.5, 0.6) is 0 Å². The Labute approximate surface area is 107 Å². The fourth-order valence-electron chi connectivity index (χ4n) is 1.74. The van der Waals surface area contributed by atoms with Crippen molar-refractivity contribution >= 4 is 28.9 Å². The monoisotopic (exact) mass is 252 g/mol. The second kappa shape index (κ2) is 4.22. The van der Waals surface area contributed by atoms with E-state index in [4.69, 9.17) is 11.6 Å². The van der Waals surface area contributed by atoms with Crippen molar-refractivity contribution in [3.63, 3.8) is 0 Å². The summed E-state index contributed by atoms with van der Waals surface area (Å²) in [5.74, 6) is 0.0315. The van der Waals surface area contributed by atoms with E-state index in [1.165, 1.54) is 0 Å². The predicted octanol–water partition coefficient (Wildman–Crippen LogP) is 3.29. The molecule has 1 aromatic carbocycles. The van der Waals surface area contributed by atoms with Gasteiger partial charge in [-0.3, -0.25) is 4.79 Å². The molecule has 1 amide bonds. The van der Waals surface area contributed by atoms with Crippen molar-refractivity contribution in [2.24, 2.45) is 5.41 Å². The van der Waals surface area contributed by atoms with E-state index >= 15 is 0 Å². The molecule has 1 aliphatic rings. The third kappa shape index (κ3) is 2.91. The normalized spacial score (nSPS) is 14.5. The fraction of sp³-hybridized carbons (Fsp3) is 0.462. The summed E-state index contributed by atoms with van der Waals surface area (Å²) in [4.78, 5) is 11.3. The molecule has 92 valence electrons. The van der Waals surface area contributed by atoms with Crippen LogP contribution in [0.25, 0.3) is 0 Å². The van der Waals surface area contributed by atoms with Gasteiger partial charge >= 0.3 is 0 Å². The molecule has 3 nitrogen and oxygen atoms in total. The Hall–Kier alpha value is -1.22. The zero-order valence-electron chi connectivity index (χ0n) is 10.4. The minimum atomic E-state index is 0.0315. The van der Waals surface area contributed by atoms with Gasteiger partial charge in [0.05, 0.1) is 17.1 Å². The standard InChI is InChI=1S/C13H17ClN2O/c1-13(2,3)7-15-11-4-8-5-12(17)16-10(8)6-9(11)14/h4,6,15H,5,7H2,1-3H3,(H,16,17). The number of fused-ring (bicyclic) bond motifs is 1. The van der Waals surface area contributed by atoms with Crippen LogP contribution in [0.2, 0.25) is 5.02 Å². The Balaban J connectivity index is 2.19. The van der Waals surface area contributed by atoms with E-state index in [1.54, 1.807) is 0 Å². The Morgan fingerprint density at radius 3 is 2.76 bits per heavy atom. The van der Waals surface area contributed by atoms with E-state index in [0.717, 1.165) is 23.5 Å². The number of nitrogens with one attached hydrogen (secondary N) is 2. The zero-order valence-corrected chi connectivity index (χ0v) is 11.1. The van der Waals surface area contributed by atoms with Crippen molar-refractivity contribution in [1.29, 1.82) is 0 Å². The molecule has 0 fully saturated rings. The second-order valence-corrected chi connectivity index (χ2v) is 6.04. The molecule has 2 N–H and O–H groups in total. The van der Waals surface area contributed by atoms with Gasteiger partial charge in [-0.15, -0.1) is 0 Å². The average Bonchev–Trinajstić information content (AvgIpc) is 2.52. The minimum absolute atomic E-state index is 0.0315. The molecule has 0 bridgehead atoms. The van der Waals surface area contributed by atoms with Gasteiger partial charge in [0.2, 0.25) is 5.91 Å². The third-order valence-electron chi connectivity index (χ3n) is 2.63. The molecule has 0 aliphatic carbocycles. The first kappa shape index (κ1) is 12.2. The number of halogens is 1. The van der Waals surface area contributed by atoms with Crippen LogP contribution in [-0.4, -0.2) is 12.5 Å². The van der Waals surface area contributed by atoms with Gasteiger partial charge in [0.1, 0.15) is 0 Å². The summed E-state index contributed by atoms with van der Waals surface area (Å²) in [6, 6.07) is 3.77. The molecule has 0 spiro atoms. The lowest BCUT2D eigenvalue weighted by Gasteiger charge is -2.20. The molecular formula is C13H17ClN2O. The number of carbonyl (C=O) groups is 1. The summed E-state index contributed by atoms with van der Waals surface area (Å²) in [5, 5.41) is 6.76. The van der Waals surface area contributed by atoms with Gasteiger partial charge in [-0.2, -0.15) is 0 Å². The van der Waals surface area contributed by atoms with Gasteiger partial charge in [0.25, 0.3) is 0 Å². The van der Waals surface area contributed by atoms with Gasteiger partial charge < -0.3 is 10.6 Å². The summed E-state index contributed by atoms with van der Waals surface area (Å²) in [5.41, 5.74) is 2.94. The highest BCUT2D eigenvalue weighted by Gasteiger charge is 2.20. The first-order valence-corrected chi connectivity index (χ1v) is 6.09. The van der Waals surface area contributed by atoms with Crippen LogP contribution in [0.4, 0.5) is 11.4 Å². The summed E-state index contributed by atoms with van der Waals surface area (Å²) >= 11 is 6.17. The number of carbonyl (C=O) groups excluding carboxylic acids is 1. The minimum Gasteiger partial charge on any atom is -0.383 e. The van der Waals surface area contributed by atoms with Gasteiger partial charge in [-0.25, -0.2) is 0 Å². The van der Waals surface area contributed by atoms with Gasteiger partial charge in [-0.05, 0) is 23.1 Å². The zero-order chi connectivity index (χ0) is 12.6. The van der Waals surface area contributed by atoms with Crippen LogP contribution in [-0.2, 0) is 11.2 Å². The van der Waals surface area contributed by atoms with Crippen LogP contribution < -0.4 is 10.6 Å². The number of amides is 1. The molecule has 0 atom stereocenters. The van der Waals surface area contributed by atoms with Crippen LogP contribution >= 0.6 is 11.6 Å². The number of benzene rings is 1. The van der Waals surface area contributed by atoms with E-state index in [-0.39, 0.29) is 11.3 Å². The number of hydrogen-bond acceptors (Lipinski definition) is 2. The summed E-state index contributed by atoms with van der Waals surface area (Å²) in [6.45, 7) is 7.32. The summed E-state index contributed by atoms with van der Waals surface area (Å²) < 4.78 is 0. The molecule has 2 rings (SSSR count). The third-order valence-corrected chi connectivity index (χ3v) is 2.94. The highest BCUT2D eigenvalue weighted by molar-refractivity contribution is 6.33. The number of rotatable bonds is 2. The SMILES string of the molecule is CC(C)(C)CNc1cc2c(cc1Cl)NC(=O)C2. The van der Waals surface area contributed by atoms with Crippen molar-refractivity contribution in [2.45, 2.75) is 27.2 Å². The average molecular weight is 253 g/mol. The molecule has 0 saturated carbocycles. The Bertz CT molecular complexity index is 463. The molecular weight excluding hydrogens is 236 g/mol. The fourth-order valence-corrected chi connectivity index (χ4v) is 1.97. The summed E-state index contributed by atoms with van der Waals surface area (Å²) in [7, 11) is 0. The molecule has 1 aromatic rings. The van der Waals surface area contributed by atoms with E-state index in [0.29, 0.717) is 11.4 Å². The molecule has 1 aliphatic heterocycles. The lowest BCUT2D eigenvalue weighted by Crippen LogP contribution is -2.19. The molecule has 0 saturated heterocycles. The van der Waals surface area contributed by atoms with E-state index in [2.05, 4.69) is 31.4 Å². The Morgan fingerprint density at radius 2 is 2.12 bits per heavy atom. The lowest BCUT2D eigenvalue weighted by molar-refractivity contribution is -0.115. The second-order valence-electron chi connectivity index (χ2n) is 5.63. The molecule has 0 unspecified atom stereocenters. The van der Waals surface area contributed by atoms with Gasteiger partial charge in [0, 0.05) is 12.2 Å². The van der Waals surface area contributed by atoms with Crippen molar-refractivity contribution < 1.29 is 4.79 Å². The van der Waals surface area contributed by atoms with Crippen LogP contribution in [0, 0.1) is 5.41 Å². The van der Waals surface area contributed by atoms with Crippen molar-refractivity contribution in [3.05, 3.63) is 22.7 Å². The highest BCUT2D eigenvalue weighted by atomic mass is 35.5.